The van der Waals surface area contributed by atoms with Crippen molar-refractivity contribution in [3.05, 3.63) is 69.4 Å². The van der Waals surface area contributed by atoms with Gasteiger partial charge in [-0.15, -0.1) is 27.8 Å². The lowest BCUT2D eigenvalue weighted by Gasteiger charge is -2.10. The Balaban J connectivity index is 1.41. The molecule has 1 N–H and O–H groups in total. The van der Waals surface area contributed by atoms with E-state index in [-0.39, 0.29) is 17.8 Å². The third kappa shape index (κ3) is 3.59. The maximum Gasteiger partial charge on any atom is 0.263 e. The average Bonchev–Trinajstić information content (AvgIpc) is 3.52. The first-order valence-electron chi connectivity index (χ1n) is 9.36. The number of hydrogen-bond acceptors (Lipinski definition) is 8. The van der Waals surface area contributed by atoms with E-state index in [0.29, 0.717) is 21.7 Å². The molecular formula is C20H14FN7O2S2. The van der Waals surface area contributed by atoms with Gasteiger partial charge in [0.2, 0.25) is 5.91 Å². The minimum atomic E-state index is -0.539. The van der Waals surface area contributed by atoms with Gasteiger partial charge < -0.3 is 5.32 Å². The number of fused-ring (bicyclic) bond motifs is 1. The summed E-state index contributed by atoms with van der Waals surface area (Å²) in [5, 5.41) is 18.0. The number of anilines is 1. The fraction of sp³-hybridized carbons (Fsp3) is 0.100. The summed E-state index contributed by atoms with van der Waals surface area (Å²) in [4.78, 5) is 31.6. The number of halogens is 1. The zero-order valence-electron chi connectivity index (χ0n) is 16.5. The molecule has 0 aliphatic rings. The molecule has 0 spiro atoms. The van der Waals surface area contributed by atoms with Gasteiger partial charge in [-0.05, 0) is 47.0 Å². The van der Waals surface area contributed by atoms with Crippen molar-refractivity contribution >= 4 is 44.5 Å². The highest BCUT2D eigenvalue weighted by Crippen LogP contribution is 2.33. The van der Waals surface area contributed by atoms with Gasteiger partial charge in [0.1, 0.15) is 22.9 Å². The third-order valence-electron chi connectivity index (χ3n) is 4.74. The number of aromatic nitrogens is 6. The van der Waals surface area contributed by atoms with E-state index in [4.69, 9.17) is 0 Å². The van der Waals surface area contributed by atoms with Gasteiger partial charge in [0.05, 0.1) is 11.7 Å². The first kappa shape index (κ1) is 20.2. The van der Waals surface area contributed by atoms with Crippen LogP contribution in [0.25, 0.3) is 26.3 Å². The molecule has 0 fully saturated rings. The van der Waals surface area contributed by atoms with Crippen molar-refractivity contribution in [2.75, 3.05) is 5.32 Å². The lowest BCUT2D eigenvalue weighted by atomic mass is 10.2. The molecule has 0 unspecified atom stereocenters. The van der Waals surface area contributed by atoms with Crippen LogP contribution in [0.1, 0.15) is 5.82 Å². The van der Waals surface area contributed by atoms with Gasteiger partial charge in [-0.25, -0.2) is 9.37 Å². The Morgan fingerprint density at radius 2 is 2.12 bits per heavy atom. The van der Waals surface area contributed by atoms with Crippen molar-refractivity contribution in [1.29, 1.82) is 0 Å². The molecule has 0 aliphatic carbocycles. The van der Waals surface area contributed by atoms with Gasteiger partial charge in [0.15, 0.2) is 5.82 Å². The monoisotopic (exact) mass is 467 g/mol. The quantitative estimate of drug-likeness (QED) is 0.425. The Morgan fingerprint density at radius 1 is 1.25 bits per heavy atom. The van der Waals surface area contributed by atoms with Gasteiger partial charge in [-0.2, -0.15) is 4.68 Å². The van der Waals surface area contributed by atoms with Crippen molar-refractivity contribution < 1.29 is 9.18 Å². The standard InChI is InChI=1S/C20H14FN7O2S2/c1-11-24-25-26-28(11)15-7-12(4-5-14(15)21)23-17(29)8-27-10-22-19-18(20(27)30)13(9-32-19)16-3-2-6-31-16/h2-7,9-10H,8H2,1H3,(H,23,29). The molecule has 0 bridgehead atoms. The van der Waals surface area contributed by atoms with Crippen LogP contribution in [0.4, 0.5) is 10.1 Å². The van der Waals surface area contributed by atoms with Gasteiger partial charge in [0, 0.05) is 21.5 Å². The SMILES string of the molecule is Cc1nnnn1-c1cc(NC(=O)Cn2cnc3scc(-c4cccs4)c3c2=O)ccc1F. The van der Waals surface area contributed by atoms with Gasteiger partial charge in [0.25, 0.3) is 5.56 Å². The normalized spacial score (nSPS) is 11.2. The van der Waals surface area contributed by atoms with Crippen LogP contribution in [0, 0.1) is 12.7 Å². The first-order valence-corrected chi connectivity index (χ1v) is 11.1. The minimum absolute atomic E-state index is 0.101. The predicted octanol–water partition coefficient (Wildman–Crippen LogP) is 3.25. The molecule has 0 radical (unpaired) electrons. The maximum absolute atomic E-state index is 14.2. The van der Waals surface area contributed by atoms with Gasteiger partial charge in [-0.1, -0.05) is 6.07 Å². The molecule has 32 heavy (non-hydrogen) atoms. The van der Waals surface area contributed by atoms with Crippen LogP contribution in [0.5, 0.6) is 0 Å². The number of amides is 1. The van der Waals surface area contributed by atoms with E-state index >= 15 is 0 Å². The summed E-state index contributed by atoms with van der Waals surface area (Å²) in [5.41, 5.74) is 0.966. The van der Waals surface area contributed by atoms with Crippen LogP contribution in [-0.4, -0.2) is 35.7 Å². The van der Waals surface area contributed by atoms with E-state index in [2.05, 4.69) is 25.8 Å². The number of carbonyl (C=O) groups is 1. The molecule has 9 nitrogen and oxygen atoms in total. The molecule has 4 aromatic heterocycles. The number of aryl methyl sites for hydroxylation is 1. The van der Waals surface area contributed by atoms with Crippen LogP contribution >= 0.6 is 22.7 Å². The fourth-order valence-corrected chi connectivity index (χ4v) is 4.98. The van der Waals surface area contributed by atoms with Crippen molar-refractivity contribution in [2.45, 2.75) is 13.5 Å². The van der Waals surface area contributed by atoms with Crippen LogP contribution in [0.2, 0.25) is 0 Å². The van der Waals surface area contributed by atoms with Crippen molar-refractivity contribution in [2.24, 2.45) is 0 Å². The second-order valence-corrected chi connectivity index (χ2v) is 8.64. The zero-order valence-corrected chi connectivity index (χ0v) is 18.2. The third-order valence-corrected chi connectivity index (χ3v) is 6.53. The number of benzene rings is 1. The Kier molecular flexibility index (Phi) is 5.07. The van der Waals surface area contributed by atoms with Crippen LogP contribution in [-0.2, 0) is 11.3 Å². The number of tetrazole rings is 1. The molecule has 1 amide bonds. The molecule has 0 saturated heterocycles. The molecule has 5 aromatic rings. The lowest BCUT2D eigenvalue weighted by molar-refractivity contribution is -0.116. The largest absolute Gasteiger partial charge is 0.324 e. The average molecular weight is 468 g/mol. The summed E-state index contributed by atoms with van der Waals surface area (Å²) >= 11 is 2.92. The highest BCUT2D eigenvalue weighted by atomic mass is 32.1. The number of nitrogens with zero attached hydrogens (tertiary/aromatic N) is 6. The first-order chi connectivity index (χ1) is 15.5. The number of rotatable bonds is 5. The maximum atomic E-state index is 14.2. The molecule has 1 aromatic carbocycles. The number of carbonyl (C=O) groups excluding carboxylic acids is 1. The van der Waals surface area contributed by atoms with Crippen LogP contribution in [0.15, 0.2) is 52.2 Å². The second kappa shape index (κ2) is 8.05. The van der Waals surface area contributed by atoms with E-state index in [1.54, 1.807) is 6.92 Å². The summed E-state index contributed by atoms with van der Waals surface area (Å²) < 4.78 is 16.7. The number of nitrogens with one attached hydrogen (secondary N) is 1. The molecule has 160 valence electrons. The zero-order chi connectivity index (χ0) is 22.2. The molecule has 12 heteroatoms. The number of hydrogen-bond donors (Lipinski definition) is 1. The van der Waals surface area contributed by atoms with E-state index < -0.39 is 11.7 Å². The van der Waals surface area contributed by atoms with Crippen molar-refractivity contribution in [3.63, 3.8) is 0 Å². The van der Waals surface area contributed by atoms with Gasteiger partial charge in [-0.3, -0.25) is 14.2 Å². The summed E-state index contributed by atoms with van der Waals surface area (Å²) in [6, 6.07) is 7.92. The smallest absolute Gasteiger partial charge is 0.263 e. The highest BCUT2D eigenvalue weighted by molar-refractivity contribution is 7.18. The Hall–Kier alpha value is -3.77. The second-order valence-electron chi connectivity index (χ2n) is 6.84. The molecule has 0 atom stereocenters. The predicted molar refractivity (Wildman–Crippen MR) is 120 cm³/mol. The molecule has 5 rings (SSSR count). The highest BCUT2D eigenvalue weighted by Gasteiger charge is 2.16. The van der Waals surface area contributed by atoms with E-state index in [0.717, 1.165) is 10.4 Å². The fourth-order valence-electron chi connectivity index (χ4n) is 3.26. The molecule has 0 aliphatic heterocycles. The van der Waals surface area contributed by atoms with Crippen molar-refractivity contribution in [3.8, 4) is 16.1 Å². The van der Waals surface area contributed by atoms with E-state index in [9.17, 15) is 14.0 Å². The molecule has 0 saturated carbocycles. The van der Waals surface area contributed by atoms with Crippen molar-refractivity contribution in [1.82, 2.24) is 29.8 Å². The Bertz CT molecular complexity index is 1500. The van der Waals surface area contributed by atoms with Crippen LogP contribution < -0.4 is 10.9 Å². The summed E-state index contributed by atoms with van der Waals surface area (Å²) in [6.07, 6.45) is 1.36. The van der Waals surface area contributed by atoms with E-state index in [1.807, 2.05) is 22.9 Å². The lowest BCUT2D eigenvalue weighted by Crippen LogP contribution is -2.27. The Morgan fingerprint density at radius 3 is 2.88 bits per heavy atom. The topological polar surface area (TPSA) is 108 Å². The Labute approximate surface area is 187 Å². The molecule has 4 heterocycles. The summed E-state index contributed by atoms with van der Waals surface area (Å²) in [7, 11) is 0. The number of thiophene rings is 2. The summed E-state index contributed by atoms with van der Waals surface area (Å²) in [6.45, 7) is 1.40. The minimum Gasteiger partial charge on any atom is -0.324 e. The molecular weight excluding hydrogens is 453 g/mol. The summed E-state index contributed by atoms with van der Waals surface area (Å²) in [5.74, 6) is -0.592. The van der Waals surface area contributed by atoms with Gasteiger partial charge >= 0.3 is 0 Å². The van der Waals surface area contributed by atoms with E-state index in [1.165, 1.54) is 56.4 Å². The van der Waals surface area contributed by atoms with Crippen LogP contribution in [0.3, 0.4) is 0 Å².